The summed E-state index contributed by atoms with van der Waals surface area (Å²) in [6.45, 7) is 0. The molecular formula is C10H9ClO2. The Hall–Kier alpha value is -1.02. The Morgan fingerprint density at radius 1 is 1.38 bits per heavy atom. The van der Waals surface area contributed by atoms with E-state index in [4.69, 9.17) is 16.3 Å². The molecule has 1 aliphatic heterocycles. The van der Waals surface area contributed by atoms with E-state index >= 15 is 0 Å². The van der Waals surface area contributed by atoms with Crippen LogP contribution < -0.4 is 0 Å². The minimum Gasteiger partial charge on any atom is -0.454 e. The Bertz CT molecular complexity index is 335. The van der Waals surface area contributed by atoms with E-state index in [0.29, 0.717) is 17.9 Å². The van der Waals surface area contributed by atoms with Crippen molar-refractivity contribution in [3.8, 4) is 0 Å². The highest BCUT2D eigenvalue weighted by Crippen LogP contribution is 2.32. The summed E-state index contributed by atoms with van der Waals surface area (Å²) in [5.41, 5.74) is 1.64. The predicted molar refractivity (Wildman–Crippen MR) is 49.9 cm³/mol. The van der Waals surface area contributed by atoms with Crippen LogP contribution in [0.4, 0.5) is 0 Å². The molecule has 1 aromatic carbocycles. The number of cyclic esters (lactones) is 1. The number of esters is 1. The van der Waals surface area contributed by atoms with E-state index in [1.807, 2.05) is 18.2 Å². The van der Waals surface area contributed by atoms with Gasteiger partial charge in [-0.25, -0.2) is 4.79 Å². The molecule has 68 valence electrons. The Morgan fingerprint density at radius 3 is 2.92 bits per heavy atom. The molecule has 0 N–H and O–H groups in total. The quantitative estimate of drug-likeness (QED) is 0.537. The third-order valence-corrected chi connectivity index (χ3v) is 2.37. The van der Waals surface area contributed by atoms with Gasteiger partial charge in [-0.3, -0.25) is 0 Å². The van der Waals surface area contributed by atoms with Gasteiger partial charge in [-0.2, -0.15) is 0 Å². The first-order valence-electron chi connectivity index (χ1n) is 4.19. The average molecular weight is 197 g/mol. The second-order valence-corrected chi connectivity index (χ2v) is 3.34. The number of rotatable bonds is 2. The van der Waals surface area contributed by atoms with E-state index in [1.165, 1.54) is 0 Å². The molecule has 1 aliphatic rings. The van der Waals surface area contributed by atoms with Crippen molar-refractivity contribution < 1.29 is 9.53 Å². The number of hydrogen-bond acceptors (Lipinski definition) is 2. The van der Waals surface area contributed by atoms with Crippen molar-refractivity contribution in [3.05, 3.63) is 35.4 Å². The zero-order chi connectivity index (χ0) is 9.26. The number of carbonyl (C=O) groups excluding carboxylic acids is 1. The van der Waals surface area contributed by atoms with E-state index in [0.717, 1.165) is 5.56 Å². The van der Waals surface area contributed by atoms with E-state index in [9.17, 15) is 4.79 Å². The first-order chi connectivity index (χ1) is 6.33. The zero-order valence-electron chi connectivity index (χ0n) is 7.00. The van der Waals surface area contributed by atoms with Gasteiger partial charge >= 0.3 is 5.97 Å². The smallest absolute Gasteiger partial charge is 0.339 e. The summed E-state index contributed by atoms with van der Waals surface area (Å²) in [4.78, 5) is 11.3. The topological polar surface area (TPSA) is 26.3 Å². The molecule has 3 heteroatoms. The number of benzene rings is 1. The summed E-state index contributed by atoms with van der Waals surface area (Å²) in [7, 11) is 0. The highest BCUT2D eigenvalue weighted by Gasteiger charge is 2.29. The predicted octanol–water partition coefficient (Wildman–Crippen LogP) is 2.53. The van der Waals surface area contributed by atoms with Gasteiger partial charge in [0, 0.05) is 17.9 Å². The Labute approximate surface area is 81.5 Å². The molecule has 0 aliphatic carbocycles. The van der Waals surface area contributed by atoms with Crippen molar-refractivity contribution in [3.63, 3.8) is 0 Å². The number of hydrogen-bond donors (Lipinski definition) is 0. The van der Waals surface area contributed by atoms with Gasteiger partial charge in [-0.15, -0.1) is 11.6 Å². The van der Waals surface area contributed by atoms with Crippen LogP contribution in [0, 0.1) is 0 Å². The lowest BCUT2D eigenvalue weighted by atomic mass is 10.0. The fourth-order valence-electron chi connectivity index (χ4n) is 1.53. The zero-order valence-corrected chi connectivity index (χ0v) is 7.75. The Balaban J connectivity index is 2.36. The van der Waals surface area contributed by atoms with Crippen LogP contribution in [0.1, 0.15) is 28.4 Å². The number of carbonyl (C=O) groups is 1. The van der Waals surface area contributed by atoms with Gasteiger partial charge in [-0.1, -0.05) is 18.2 Å². The lowest BCUT2D eigenvalue weighted by molar-refractivity contribution is 0.0380. The van der Waals surface area contributed by atoms with Crippen LogP contribution in [0.2, 0.25) is 0 Å². The fourth-order valence-corrected chi connectivity index (χ4v) is 1.73. The van der Waals surface area contributed by atoms with Crippen molar-refractivity contribution >= 4 is 17.6 Å². The maximum Gasteiger partial charge on any atom is 0.339 e. The molecule has 0 amide bonds. The molecule has 0 bridgehead atoms. The van der Waals surface area contributed by atoms with Crippen molar-refractivity contribution in [1.82, 2.24) is 0 Å². The number of ether oxygens (including phenoxy) is 1. The highest BCUT2D eigenvalue weighted by atomic mass is 35.5. The fraction of sp³-hybridized carbons (Fsp3) is 0.300. The van der Waals surface area contributed by atoms with Crippen molar-refractivity contribution in [2.24, 2.45) is 0 Å². The number of halogens is 1. The molecule has 2 rings (SSSR count). The molecule has 0 aromatic heterocycles. The SMILES string of the molecule is O=C1OC(CCCl)c2ccccc21. The van der Waals surface area contributed by atoms with Gasteiger partial charge in [0.25, 0.3) is 0 Å². The summed E-state index contributed by atoms with van der Waals surface area (Å²) in [5, 5.41) is 0. The van der Waals surface area contributed by atoms with Crippen molar-refractivity contribution in [1.29, 1.82) is 0 Å². The third-order valence-electron chi connectivity index (χ3n) is 2.15. The molecule has 1 aromatic rings. The molecule has 1 heterocycles. The molecule has 0 saturated carbocycles. The number of fused-ring (bicyclic) bond motifs is 1. The monoisotopic (exact) mass is 196 g/mol. The highest BCUT2D eigenvalue weighted by molar-refractivity contribution is 6.17. The maximum atomic E-state index is 11.3. The van der Waals surface area contributed by atoms with Crippen LogP contribution in [-0.2, 0) is 4.74 Å². The summed E-state index contributed by atoms with van der Waals surface area (Å²) >= 11 is 5.60. The average Bonchev–Trinajstić information content (AvgIpc) is 2.46. The Morgan fingerprint density at radius 2 is 2.15 bits per heavy atom. The lowest BCUT2D eigenvalue weighted by Gasteiger charge is -2.06. The van der Waals surface area contributed by atoms with Gasteiger partial charge in [0.2, 0.25) is 0 Å². The molecule has 1 atom stereocenters. The van der Waals surface area contributed by atoms with E-state index < -0.39 is 0 Å². The van der Waals surface area contributed by atoms with Crippen molar-refractivity contribution in [2.75, 3.05) is 5.88 Å². The molecule has 2 nitrogen and oxygen atoms in total. The van der Waals surface area contributed by atoms with Gasteiger partial charge in [-0.05, 0) is 6.07 Å². The Kier molecular flexibility index (Phi) is 2.23. The van der Waals surface area contributed by atoms with E-state index in [2.05, 4.69) is 0 Å². The molecule has 13 heavy (non-hydrogen) atoms. The number of alkyl halides is 1. The van der Waals surface area contributed by atoms with Crippen LogP contribution in [-0.4, -0.2) is 11.8 Å². The lowest BCUT2D eigenvalue weighted by Crippen LogP contribution is -1.98. The third kappa shape index (κ3) is 1.42. The van der Waals surface area contributed by atoms with Gasteiger partial charge in [0.1, 0.15) is 6.10 Å². The summed E-state index contributed by atoms with van der Waals surface area (Å²) in [6.07, 6.45) is 0.547. The minimum atomic E-state index is -0.231. The van der Waals surface area contributed by atoms with E-state index in [-0.39, 0.29) is 12.1 Å². The summed E-state index contributed by atoms with van der Waals surface area (Å²) in [6, 6.07) is 7.44. The van der Waals surface area contributed by atoms with Crippen LogP contribution in [0.5, 0.6) is 0 Å². The molecule has 0 radical (unpaired) electrons. The molecule has 0 spiro atoms. The van der Waals surface area contributed by atoms with E-state index in [1.54, 1.807) is 6.07 Å². The first-order valence-corrected chi connectivity index (χ1v) is 4.72. The largest absolute Gasteiger partial charge is 0.454 e. The standard InChI is InChI=1S/C10H9ClO2/c11-6-5-9-7-3-1-2-4-8(7)10(12)13-9/h1-4,9H,5-6H2. The van der Waals surface area contributed by atoms with Crippen LogP contribution in [0.25, 0.3) is 0 Å². The second-order valence-electron chi connectivity index (χ2n) is 2.96. The van der Waals surface area contributed by atoms with Crippen LogP contribution in [0.3, 0.4) is 0 Å². The molecule has 0 saturated heterocycles. The van der Waals surface area contributed by atoms with Crippen LogP contribution in [0.15, 0.2) is 24.3 Å². The molecule has 0 fully saturated rings. The van der Waals surface area contributed by atoms with Crippen molar-refractivity contribution in [2.45, 2.75) is 12.5 Å². The molecule has 1 unspecified atom stereocenters. The van der Waals surface area contributed by atoms with Crippen LogP contribution >= 0.6 is 11.6 Å². The van der Waals surface area contributed by atoms with Gasteiger partial charge < -0.3 is 4.74 Å². The van der Waals surface area contributed by atoms with Gasteiger partial charge in [0.15, 0.2) is 0 Å². The first kappa shape index (κ1) is 8.57. The normalized spacial score (nSPS) is 19.8. The second kappa shape index (κ2) is 3.38. The molecular weight excluding hydrogens is 188 g/mol. The summed E-state index contributed by atoms with van der Waals surface area (Å²) in [5.74, 6) is 0.275. The summed E-state index contributed by atoms with van der Waals surface area (Å²) < 4.78 is 5.15. The van der Waals surface area contributed by atoms with Gasteiger partial charge in [0.05, 0.1) is 5.56 Å². The maximum absolute atomic E-state index is 11.3. The minimum absolute atomic E-state index is 0.138.